The van der Waals surface area contributed by atoms with E-state index in [4.69, 9.17) is 5.73 Å². The fourth-order valence-electron chi connectivity index (χ4n) is 0.744. The van der Waals surface area contributed by atoms with E-state index in [1.807, 2.05) is 11.8 Å². The smallest absolute Gasteiger partial charge is 0.0419 e. The summed E-state index contributed by atoms with van der Waals surface area (Å²) in [5.74, 6) is 2.15. The van der Waals surface area contributed by atoms with Gasteiger partial charge in [0.25, 0.3) is 0 Å². The van der Waals surface area contributed by atoms with E-state index in [0.29, 0.717) is 0 Å². The molecule has 0 aliphatic carbocycles. The number of rotatable bonds is 0. The molecule has 1 saturated heterocycles. The lowest BCUT2D eigenvalue weighted by atomic mass is 10.1. The average molecular weight is 132 g/mol. The molecule has 1 atom stereocenters. The topological polar surface area (TPSA) is 38.0 Å². The molecule has 8 heavy (non-hydrogen) atoms. The highest BCUT2D eigenvalue weighted by Gasteiger charge is 2.20. The summed E-state index contributed by atoms with van der Waals surface area (Å²) < 4.78 is 0. The lowest BCUT2D eigenvalue weighted by Crippen LogP contribution is -2.51. The Hall–Kier alpha value is 0.270. The number of thioether (sulfide) groups is 1. The highest BCUT2D eigenvalue weighted by molar-refractivity contribution is 7.99. The maximum atomic E-state index is 5.79. The number of nitrogens with two attached hydrogens (primary N) is 1. The van der Waals surface area contributed by atoms with Gasteiger partial charge in [0, 0.05) is 23.7 Å². The molecule has 0 radical (unpaired) electrons. The van der Waals surface area contributed by atoms with Gasteiger partial charge < -0.3 is 11.1 Å². The summed E-state index contributed by atoms with van der Waals surface area (Å²) >= 11 is 1.87. The third-order valence-corrected chi connectivity index (χ3v) is 2.44. The zero-order valence-electron chi connectivity index (χ0n) is 5.11. The first kappa shape index (κ1) is 6.39. The first-order chi connectivity index (χ1) is 3.71. The van der Waals surface area contributed by atoms with Crippen LogP contribution in [0.4, 0.5) is 0 Å². The monoisotopic (exact) mass is 132 g/mol. The molecule has 1 heterocycles. The Balaban J connectivity index is 2.33. The minimum atomic E-state index is 0.0307. The van der Waals surface area contributed by atoms with Crippen LogP contribution in [0.1, 0.15) is 6.92 Å². The van der Waals surface area contributed by atoms with Gasteiger partial charge in [0.05, 0.1) is 0 Å². The van der Waals surface area contributed by atoms with Gasteiger partial charge in [-0.15, -0.1) is 11.8 Å². The molecule has 3 N–H and O–H groups in total. The summed E-state index contributed by atoms with van der Waals surface area (Å²) in [6.45, 7) is 3.03. The van der Waals surface area contributed by atoms with Crippen molar-refractivity contribution in [1.82, 2.24) is 5.32 Å². The van der Waals surface area contributed by atoms with Crippen molar-refractivity contribution in [3.63, 3.8) is 0 Å². The van der Waals surface area contributed by atoms with E-state index in [0.717, 1.165) is 18.2 Å². The summed E-state index contributed by atoms with van der Waals surface area (Å²) in [5, 5.41) is 3.21. The van der Waals surface area contributed by atoms with Gasteiger partial charge in [-0.1, -0.05) is 0 Å². The average Bonchev–Trinajstić information content (AvgIpc) is 1.65. The Bertz CT molecular complexity index is 74.5. The van der Waals surface area contributed by atoms with Crippen molar-refractivity contribution in [2.24, 2.45) is 5.73 Å². The quantitative estimate of drug-likeness (QED) is 0.487. The van der Waals surface area contributed by atoms with Gasteiger partial charge in [-0.05, 0) is 6.92 Å². The first-order valence-electron chi connectivity index (χ1n) is 2.78. The zero-order chi connectivity index (χ0) is 6.04. The minimum Gasteiger partial charge on any atom is -0.324 e. The van der Waals surface area contributed by atoms with Crippen LogP contribution >= 0.6 is 11.8 Å². The second-order valence-electron chi connectivity index (χ2n) is 2.57. The largest absolute Gasteiger partial charge is 0.324 e. The van der Waals surface area contributed by atoms with Crippen molar-refractivity contribution in [3.8, 4) is 0 Å². The van der Waals surface area contributed by atoms with Crippen LogP contribution in [0.5, 0.6) is 0 Å². The van der Waals surface area contributed by atoms with Crippen molar-refractivity contribution >= 4 is 11.8 Å². The Morgan fingerprint density at radius 3 is 2.75 bits per heavy atom. The highest BCUT2D eigenvalue weighted by Crippen LogP contribution is 2.12. The second kappa shape index (κ2) is 2.25. The maximum absolute atomic E-state index is 5.79. The van der Waals surface area contributed by atoms with E-state index >= 15 is 0 Å². The molecule has 0 saturated carbocycles. The molecule has 1 aliphatic heterocycles. The summed E-state index contributed by atoms with van der Waals surface area (Å²) in [4.78, 5) is 0. The molecule has 0 aromatic rings. The molecule has 48 valence electrons. The van der Waals surface area contributed by atoms with Gasteiger partial charge in [0.15, 0.2) is 0 Å². The van der Waals surface area contributed by atoms with E-state index in [-0.39, 0.29) is 5.54 Å². The standard InChI is InChI=1S/C5H12N2S/c1-5(6)2-7-4-8-3-5/h7H,2-4,6H2,1H3. The molecule has 0 aromatic carbocycles. The van der Waals surface area contributed by atoms with Crippen LogP contribution in [-0.4, -0.2) is 23.7 Å². The predicted molar refractivity (Wildman–Crippen MR) is 37.9 cm³/mol. The molecule has 0 spiro atoms. The summed E-state index contributed by atoms with van der Waals surface area (Å²) in [7, 11) is 0. The third-order valence-electron chi connectivity index (χ3n) is 1.16. The van der Waals surface area contributed by atoms with Gasteiger partial charge in [-0.25, -0.2) is 0 Å². The van der Waals surface area contributed by atoms with Gasteiger partial charge >= 0.3 is 0 Å². The van der Waals surface area contributed by atoms with Crippen LogP contribution in [0.3, 0.4) is 0 Å². The predicted octanol–water partition coefficient (Wildman–Crippen LogP) is -0.00230. The van der Waals surface area contributed by atoms with Crippen molar-refractivity contribution in [2.75, 3.05) is 18.2 Å². The molecule has 1 aliphatic rings. The number of hydrogen-bond acceptors (Lipinski definition) is 3. The lowest BCUT2D eigenvalue weighted by molar-refractivity contribution is 0.482. The van der Waals surface area contributed by atoms with Crippen LogP contribution in [0, 0.1) is 0 Å². The minimum absolute atomic E-state index is 0.0307. The van der Waals surface area contributed by atoms with Crippen molar-refractivity contribution < 1.29 is 0 Å². The molecule has 0 amide bonds. The molecular formula is C5H12N2S. The molecular weight excluding hydrogens is 120 g/mol. The number of hydrogen-bond donors (Lipinski definition) is 2. The Kier molecular flexibility index (Phi) is 1.80. The molecule has 0 bridgehead atoms. The normalized spacial score (nSPS) is 39.8. The van der Waals surface area contributed by atoms with Crippen molar-refractivity contribution in [1.29, 1.82) is 0 Å². The zero-order valence-corrected chi connectivity index (χ0v) is 5.92. The summed E-state index contributed by atoms with van der Waals surface area (Å²) in [6.07, 6.45) is 0. The van der Waals surface area contributed by atoms with E-state index in [2.05, 4.69) is 12.2 Å². The molecule has 2 nitrogen and oxygen atoms in total. The summed E-state index contributed by atoms with van der Waals surface area (Å²) in [5.41, 5.74) is 5.83. The van der Waals surface area contributed by atoms with E-state index in [1.54, 1.807) is 0 Å². The summed E-state index contributed by atoms with van der Waals surface area (Å²) in [6, 6.07) is 0. The van der Waals surface area contributed by atoms with Gasteiger partial charge in [0.1, 0.15) is 0 Å². The first-order valence-corrected chi connectivity index (χ1v) is 3.93. The van der Waals surface area contributed by atoms with Crippen LogP contribution < -0.4 is 11.1 Å². The molecule has 0 aromatic heterocycles. The molecule has 1 rings (SSSR count). The number of nitrogens with one attached hydrogen (secondary N) is 1. The van der Waals surface area contributed by atoms with Crippen LogP contribution in [0.2, 0.25) is 0 Å². The van der Waals surface area contributed by atoms with Crippen LogP contribution in [0.15, 0.2) is 0 Å². The third kappa shape index (κ3) is 1.65. The fourth-order valence-corrected chi connectivity index (χ4v) is 1.66. The molecule has 3 heteroatoms. The van der Waals surface area contributed by atoms with Gasteiger partial charge in [-0.2, -0.15) is 0 Å². The Morgan fingerprint density at radius 1 is 1.75 bits per heavy atom. The van der Waals surface area contributed by atoms with Crippen molar-refractivity contribution in [2.45, 2.75) is 12.5 Å². The van der Waals surface area contributed by atoms with Gasteiger partial charge in [-0.3, -0.25) is 0 Å². The van der Waals surface area contributed by atoms with E-state index < -0.39 is 0 Å². The van der Waals surface area contributed by atoms with Crippen LogP contribution in [0.25, 0.3) is 0 Å². The van der Waals surface area contributed by atoms with Crippen LogP contribution in [-0.2, 0) is 0 Å². The van der Waals surface area contributed by atoms with Crippen molar-refractivity contribution in [3.05, 3.63) is 0 Å². The molecule has 1 unspecified atom stereocenters. The molecule has 1 fully saturated rings. The Morgan fingerprint density at radius 2 is 2.50 bits per heavy atom. The van der Waals surface area contributed by atoms with E-state index in [1.165, 1.54) is 0 Å². The Labute approximate surface area is 54.2 Å². The lowest BCUT2D eigenvalue weighted by Gasteiger charge is -2.28. The second-order valence-corrected chi connectivity index (χ2v) is 3.56. The maximum Gasteiger partial charge on any atom is 0.0419 e. The SMILES string of the molecule is CC1(N)CNCSC1. The highest BCUT2D eigenvalue weighted by atomic mass is 32.2. The van der Waals surface area contributed by atoms with E-state index in [9.17, 15) is 0 Å². The fraction of sp³-hybridized carbons (Fsp3) is 1.00. The van der Waals surface area contributed by atoms with Gasteiger partial charge in [0.2, 0.25) is 0 Å².